The first-order valence-electron chi connectivity index (χ1n) is 11.4. The number of rotatable bonds is 9. The molecular weight excluding hydrogens is 438 g/mol. The lowest BCUT2D eigenvalue weighted by atomic mass is 9.97. The summed E-state index contributed by atoms with van der Waals surface area (Å²) in [6.45, 7) is 5.21. The zero-order valence-electron chi connectivity index (χ0n) is 19.2. The highest BCUT2D eigenvalue weighted by Gasteiger charge is 2.30. The van der Waals surface area contributed by atoms with Gasteiger partial charge in [-0.05, 0) is 42.4 Å². The highest BCUT2D eigenvalue weighted by atomic mass is 32.2. The highest BCUT2D eigenvalue weighted by molar-refractivity contribution is 7.89. The Morgan fingerprint density at radius 1 is 0.970 bits per heavy atom. The molecule has 1 heterocycles. The monoisotopic (exact) mass is 471 g/mol. The summed E-state index contributed by atoms with van der Waals surface area (Å²) in [6.07, 6.45) is 1.69. The number of hydrogen-bond donors (Lipinski definition) is 2. The smallest absolute Gasteiger partial charge is 0.247 e. The molecule has 1 saturated heterocycles. The SMILES string of the molecule is CC(C)CC(=O)NC(C(=O)NCC1CCN(S(=O)(=O)c2ccccc2)CC1)c1ccccc1. The predicted octanol–water partition coefficient (Wildman–Crippen LogP) is 3.11. The van der Waals surface area contributed by atoms with Crippen LogP contribution in [0, 0.1) is 11.8 Å². The van der Waals surface area contributed by atoms with Gasteiger partial charge >= 0.3 is 0 Å². The molecule has 0 saturated carbocycles. The van der Waals surface area contributed by atoms with E-state index in [1.807, 2.05) is 44.2 Å². The molecule has 0 aliphatic carbocycles. The maximum Gasteiger partial charge on any atom is 0.247 e. The minimum atomic E-state index is -3.49. The van der Waals surface area contributed by atoms with Gasteiger partial charge in [-0.1, -0.05) is 62.4 Å². The molecule has 1 atom stereocenters. The fourth-order valence-electron chi connectivity index (χ4n) is 3.98. The molecule has 2 N–H and O–H groups in total. The third-order valence-corrected chi connectivity index (χ3v) is 7.73. The Labute approximate surface area is 196 Å². The van der Waals surface area contributed by atoms with Crippen LogP contribution in [-0.2, 0) is 19.6 Å². The van der Waals surface area contributed by atoms with Crippen molar-refractivity contribution >= 4 is 21.8 Å². The Morgan fingerprint density at radius 3 is 2.12 bits per heavy atom. The maximum absolute atomic E-state index is 13.0. The van der Waals surface area contributed by atoms with Crippen molar-refractivity contribution in [3.63, 3.8) is 0 Å². The van der Waals surface area contributed by atoms with E-state index in [1.54, 1.807) is 30.3 Å². The molecular formula is C25H33N3O4S. The lowest BCUT2D eigenvalue weighted by Crippen LogP contribution is -2.44. The number of hydrogen-bond acceptors (Lipinski definition) is 4. The second kappa shape index (κ2) is 11.4. The van der Waals surface area contributed by atoms with Gasteiger partial charge in [0.15, 0.2) is 0 Å². The van der Waals surface area contributed by atoms with Gasteiger partial charge in [0.05, 0.1) is 4.90 Å². The normalized spacial score (nSPS) is 16.3. The van der Waals surface area contributed by atoms with Gasteiger partial charge in [-0.25, -0.2) is 8.42 Å². The average Bonchev–Trinajstić information content (AvgIpc) is 2.82. The first-order chi connectivity index (χ1) is 15.8. The molecule has 33 heavy (non-hydrogen) atoms. The van der Waals surface area contributed by atoms with Crippen molar-refractivity contribution in [2.75, 3.05) is 19.6 Å². The van der Waals surface area contributed by atoms with Crippen molar-refractivity contribution < 1.29 is 18.0 Å². The zero-order chi connectivity index (χ0) is 23.8. The number of sulfonamides is 1. The van der Waals surface area contributed by atoms with Gasteiger partial charge in [0, 0.05) is 26.1 Å². The van der Waals surface area contributed by atoms with E-state index < -0.39 is 16.1 Å². The zero-order valence-corrected chi connectivity index (χ0v) is 20.1. The van der Waals surface area contributed by atoms with Gasteiger partial charge in [-0.3, -0.25) is 9.59 Å². The van der Waals surface area contributed by atoms with Crippen LogP contribution < -0.4 is 10.6 Å². The molecule has 1 aliphatic heterocycles. The molecule has 7 nitrogen and oxygen atoms in total. The molecule has 2 aromatic rings. The van der Waals surface area contributed by atoms with E-state index >= 15 is 0 Å². The Bertz CT molecular complexity index is 1020. The number of benzene rings is 2. The van der Waals surface area contributed by atoms with Crippen LogP contribution in [0.3, 0.4) is 0 Å². The summed E-state index contributed by atoms with van der Waals surface area (Å²) in [5.41, 5.74) is 0.732. The third kappa shape index (κ3) is 6.88. The van der Waals surface area contributed by atoms with E-state index in [-0.39, 0.29) is 23.7 Å². The average molecular weight is 472 g/mol. The lowest BCUT2D eigenvalue weighted by Gasteiger charge is -2.31. The van der Waals surface area contributed by atoms with E-state index in [9.17, 15) is 18.0 Å². The van der Waals surface area contributed by atoms with Gasteiger partial charge in [-0.15, -0.1) is 0 Å². The van der Waals surface area contributed by atoms with Crippen LogP contribution in [-0.4, -0.2) is 44.2 Å². The molecule has 178 valence electrons. The Hall–Kier alpha value is -2.71. The van der Waals surface area contributed by atoms with Crippen molar-refractivity contribution in [3.05, 3.63) is 66.2 Å². The van der Waals surface area contributed by atoms with Gasteiger partial charge < -0.3 is 10.6 Å². The summed E-state index contributed by atoms with van der Waals surface area (Å²) in [6, 6.07) is 16.9. The van der Waals surface area contributed by atoms with E-state index in [4.69, 9.17) is 0 Å². The van der Waals surface area contributed by atoms with E-state index in [1.165, 1.54) is 4.31 Å². The molecule has 0 aromatic heterocycles. The topological polar surface area (TPSA) is 95.6 Å². The molecule has 2 amide bonds. The second-order valence-corrected chi connectivity index (χ2v) is 10.9. The number of carbonyl (C=O) groups is 2. The van der Waals surface area contributed by atoms with Crippen molar-refractivity contribution in [3.8, 4) is 0 Å². The van der Waals surface area contributed by atoms with Crippen LogP contribution in [0.1, 0.15) is 44.7 Å². The quantitative estimate of drug-likeness (QED) is 0.587. The molecule has 1 unspecified atom stereocenters. The van der Waals surface area contributed by atoms with Crippen LogP contribution in [0.2, 0.25) is 0 Å². The highest BCUT2D eigenvalue weighted by Crippen LogP contribution is 2.23. The minimum absolute atomic E-state index is 0.159. The number of nitrogens with one attached hydrogen (secondary N) is 2. The number of carbonyl (C=O) groups excluding carboxylic acids is 2. The van der Waals surface area contributed by atoms with Gasteiger partial charge in [0.25, 0.3) is 0 Å². The third-order valence-electron chi connectivity index (χ3n) is 5.81. The lowest BCUT2D eigenvalue weighted by molar-refractivity contribution is -0.129. The summed E-state index contributed by atoms with van der Waals surface area (Å²) in [5.74, 6) is -0.0353. The molecule has 2 aromatic carbocycles. The molecule has 1 aliphatic rings. The molecule has 8 heteroatoms. The molecule has 0 radical (unpaired) electrons. The summed E-state index contributed by atoms with van der Waals surface area (Å²) in [4.78, 5) is 25.6. The first kappa shape index (κ1) is 24.9. The standard InChI is InChI=1S/C25H33N3O4S/c1-19(2)17-23(29)27-24(21-9-5-3-6-10-21)25(30)26-18-20-13-15-28(16-14-20)33(31,32)22-11-7-4-8-12-22/h3-12,19-20,24H,13-18H2,1-2H3,(H,26,30)(H,27,29). The van der Waals surface area contributed by atoms with Crippen molar-refractivity contribution in [2.24, 2.45) is 11.8 Å². The van der Waals surface area contributed by atoms with E-state index in [0.717, 1.165) is 5.56 Å². The van der Waals surface area contributed by atoms with Gasteiger partial charge in [0.2, 0.25) is 21.8 Å². The number of nitrogens with zero attached hydrogens (tertiary/aromatic N) is 1. The van der Waals surface area contributed by atoms with Crippen LogP contribution in [0.25, 0.3) is 0 Å². The van der Waals surface area contributed by atoms with Crippen LogP contribution in [0.4, 0.5) is 0 Å². The van der Waals surface area contributed by atoms with Gasteiger partial charge in [0.1, 0.15) is 6.04 Å². The van der Waals surface area contributed by atoms with Crippen LogP contribution in [0.5, 0.6) is 0 Å². The predicted molar refractivity (Wildman–Crippen MR) is 128 cm³/mol. The second-order valence-electron chi connectivity index (χ2n) is 8.91. The van der Waals surface area contributed by atoms with Crippen molar-refractivity contribution in [1.29, 1.82) is 0 Å². The van der Waals surface area contributed by atoms with E-state index in [2.05, 4.69) is 10.6 Å². The molecule has 1 fully saturated rings. The summed E-state index contributed by atoms with van der Waals surface area (Å²) in [7, 11) is -3.49. The van der Waals surface area contributed by atoms with Crippen LogP contribution in [0.15, 0.2) is 65.6 Å². The largest absolute Gasteiger partial charge is 0.354 e. The van der Waals surface area contributed by atoms with Gasteiger partial charge in [-0.2, -0.15) is 4.31 Å². The molecule has 0 bridgehead atoms. The van der Waals surface area contributed by atoms with Crippen molar-refractivity contribution in [2.45, 2.75) is 44.0 Å². The van der Waals surface area contributed by atoms with Crippen LogP contribution >= 0.6 is 0 Å². The molecule has 3 rings (SSSR count). The van der Waals surface area contributed by atoms with Crippen molar-refractivity contribution in [1.82, 2.24) is 14.9 Å². The Kier molecular flexibility index (Phi) is 8.63. The Morgan fingerprint density at radius 2 is 1.55 bits per heavy atom. The maximum atomic E-state index is 13.0. The van der Waals surface area contributed by atoms with E-state index in [0.29, 0.717) is 43.8 Å². The summed E-state index contributed by atoms with van der Waals surface area (Å²) >= 11 is 0. The summed E-state index contributed by atoms with van der Waals surface area (Å²) in [5, 5.41) is 5.83. The fraction of sp³-hybridized carbons (Fsp3) is 0.440. The number of piperidine rings is 1. The molecule has 0 spiro atoms. The first-order valence-corrected chi connectivity index (χ1v) is 12.9. The minimum Gasteiger partial charge on any atom is -0.354 e. The number of amides is 2. The fourth-order valence-corrected chi connectivity index (χ4v) is 5.47. The summed E-state index contributed by atoms with van der Waals surface area (Å²) < 4.78 is 27.1. The Balaban J connectivity index is 1.56.